The lowest BCUT2D eigenvalue weighted by molar-refractivity contribution is -0.0344. The summed E-state index contributed by atoms with van der Waals surface area (Å²) >= 11 is 0. The molecular weight excluding hydrogens is 230 g/mol. The molecular formula is C13H17N3O2. The fraction of sp³-hybridized carbons (Fsp3) is 0.538. The summed E-state index contributed by atoms with van der Waals surface area (Å²) in [7, 11) is 0. The summed E-state index contributed by atoms with van der Waals surface area (Å²) in [6.45, 7) is 2.40. The Labute approximate surface area is 106 Å². The van der Waals surface area contributed by atoms with Crippen molar-refractivity contribution in [2.75, 3.05) is 25.4 Å². The number of carbonyl (C=O) groups is 1. The largest absolute Gasteiger partial charge is 0.383 e. The first kappa shape index (κ1) is 11.6. The van der Waals surface area contributed by atoms with Crippen molar-refractivity contribution in [2.24, 2.45) is 0 Å². The van der Waals surface area contributed by atoms with Crippen molar-refractivity contribution in [3.63, 3.8) is 0 Å². The predicted molar refractivity (Wildman–Crippen MR) is 67.3 cm³/mol. The number of pyridine rings is 1. The smallest absolute Gasteiger partial charge is 0.196 e. The van der Waals surface area contributed by atoms with Gasteiger partial charge in [-0.2, -0.15) is 0 Å². The maximum absolute atomic E-state index is 12.3. The Hall–Kier alpha value is -1.46. The number of ether oxygens (including phenoxy) is 1. The Morgan fingerprint density at radius 1 is 1.56 bits per heavy atom. The fourth-order valence-corrected chi connectivity index (χ4v) is 2.78. The van der Waals surface area contributed by atoms with E-state index in [1.807, 2.05) is 0 Å². The van der Waals surface area contributed by atoms with Crippen molar-refractivity contribution in [3.05, 3.63) is 23.9 Å². The highest BCUT2D eigenvalue weighted by Gasteiger charge is 2.36. The zero-order chi connectivity index (χ0) is 12.5. The number of nitrogen functional groups attached to an aromatic ring is 1. The van der Waals surface area contributed by atoms with E-state index in [0.717, 1.165) is 6.54 Å². The summed E-state index contributed by atoms with van der Waals surface area (Å²) in [5, 5.41) is 0. The lowest BCUT2D eigenvalue weighted by Crippen LogP contribution is -2.49. The highest BCUT2D eigenvalue weighted by Crippen LogP contribution is 2.24. The van der Waals surface area contributed by atoms with E-state index in [2.05, 4.69) is 9.88 Å². The fourth-order valence-electron chi connectivity index (χ4n) is 2.78. The van der Waals surface area contributed by atoms with Crippen molar-refractivity contribution < 1.29 is 9.53 Å². The number of fused-ring (bicyclic) bond motifs is 1. The predicted octanol–water partition coefficient (Wildman–Crippen LogP) is 0.710. The van der Waals surface area contributed by atoms with Crippen LogP contribution in [0.1, 0.15) is 23.2 Å². The molecule has 0 aliphatic carbocycles. The molecule has 2 atom stereocenters. The van der Waals surface area contributed by atoms with Crippen LogP contribution in [0.3, 0.4) is 0 Å². The third kappa shape index (κ3) is 2.00. The van der Waals surface area contributed by atoms with E-state index in [4.69, 9.17) is 10.5 Å². The van der Waals surface area contributed by atoms with Gasteiger partial charge in [0.25, 0.3) is 0 Å². The van der Waals surface area contributed by atoms with Crippen LogP contribution in [-0.2, 0) is 4.74 Å². The number of morpholine rings is 1. The molecule has 18 heavy (non-hydrogen) atoms. The van der Waals surface area contributed by atoms with Crippen molar-refractivity contribution in [3.8, 4) is 0 Å². The maximum atomic E-state index is 12.3. The molecule has 0 bridgehead atoms. The van der Waals surface area contributed by atoms with Crippen LogP contribution < -0.4 is 5.73 Å². The number of anilines is 1. The Morgan fingerprint density at radius 2 is 2.44 bits per heavy atom. The monoisotopic (exact) mass is 247 g/mol. The zero-order valence-electron chi connectivity index (χ0n) is 10.2. The standard InChI is InChI=1S/C13H17N3O2/c14-13-10(4-1-5-15-13)12(17)11-7-16-6-2-3-9(16)8-18-11/h1,4-5,9,11H,2-3,6-8H2,(H2,14,15). The van der Waals surface area contributed by atoms with E-state index in [1.165, 1.54) is 12.8 Å². The van der Waals surface area contributed by atoms with E-state index in [-0.39, 0.29) is 11.6 Å². The van der Waals surface area contributed by atoms with E-state index >= 15 is 0 Å². The van der Waals surface area contributed by atoms with Gasteiger partial charge in [0.15, 0.2) is 5.78 Å². The van der Waals surface area contributed by atoms with Gasteiger partial charge in [-0.25, -0.2) is 4.98 Å². The summed E-state index contributed by atoms with van der Waals surface area (Å²) in [5.74, 6) is 0.237. The van der Waals surface area contributed by atoms with Gasteiger partial charge in [-0.15, -0.1) is 0 Å². The molecule has 1 aromatic rings. The molecule has 2 aliphatic rings. The summed E-state index contributed by atoms with van der Waals surface area (Å²) < 4.78 is 5.69. The van der Waals surface area contributed by atoms with Gasteiger partial charge in [-0.1, -0.05) is 0 Å². The lowest BCUT2D eigenvalue weighted by Gasteiger charge is -2.34. The number of carbonyl (C=O) groups excluding carboxylic acids is 1. The minimum Gasteiger partial charge on any atom is -0.383 e. The molecule has 5 nitrogen and oxygen atoms in total. The van der Waals surface area contributed by atoms with Crippen LogP contribution in [-0.4, -0.2) is 47.5 Å². The maximum Gasteiger partial charge on any atom is 0.196 e. The van der Waals surface area contributed by atoms with Crippen molar-refractivity contribution in [1.82, 2.24) is 9.88 Å². The van der Waals surface area contributed by atoms with Gasteiger partial charge < -0.3 is 10.5 Å². The van der Waals surface area contributed by atoms with E-state index in [9.17, 15) is 4.79 Å². The molecule has 2 fully saturated rings. The molecule has 0 aromatic carbocycles. The summed E-state index contributed by atoms with van der Waals surface area (Å²) in [4.78, 5) is 18.6. The number of rotatable bonds is 2. The highest BCUT2D eigenvalue weighted by molar-refractivity contribution is 6.03. The molecule has 3 rings (SSSR count). The van der Waals surface area contributed by atoms with Crippen LogP contribution in [0.4, 0.5) is 5.82 Å². The second kappa shape index (κ2) is 4.66. The number of ketones is 1. The topological polar surface area (TPSA) is 68.5 Å². The summed E-state index contributed by atoms with van der Waals surface area (Å²) in [5.41, 5.74) is 6.21. The summed E-state index contributed by atoms with van der Waals surface area (Å²) in [6.07, 6.45) is 3.57. The second-order valence-corrected chi connectivity index (χ2v) is 4.91. The highest BCUT2D eigenvalue weighted by atomic mass is 16.5. The first-order valence-corrected chi connectivity index (χ1v) is 6.36. The summed E-state index contributed by atoms with van der Waals surface area (Å²) in [6, 6.07) is 3.94. The molecule has 2 saturated heterocycles. The molecule has 0 spiro atoms. The second-order valence-electron chi connectivity index (χ2n) is 4.91. The minimum atomic E-state index is -0.397. The molecule has 2 unspecified atom stereocenters. The van der Waals surface area contributed by atoms with Gasteiger partial charge in [0.1, 0.15) is 11.9 Å². The van der Waals surface area contributed by atoms with Crippen LogP contribution in [0.25, 0.3) is 0 Å². The average Bonchev–Trinajstić information content (AvgIpc) is 2.85. The van der Waals surface area contributed by atoms with Crippen LogP contribution in [0, 0.1) is 0 Å². The number of hydrogen-bond donors (Lipinski definition) is 1. The number of nitrogens with zero attached hydrogens (tertiary/aromatic N) is 2. The first-order chi connectivity index (χ1) is 8.75. The molecule has 0 amide bonds. The van der Waals surface area contributed by atoms with Crippen molar-refractivity contribution >= 4 is 11.6 Å². The van der Waals surface area contributed by atoms with Gasteiger partial charge in [0.2, 0.25) is 0 Å². The molecule has 0 saturated carbocycles. The van der Waals surface area contributed by atoms with Gasteiger partial charge in [0, 0.05) is 18.8 Å². The Balaban J connectivity index is 1.75. The van der Waals surface area contributed by atoms with E-state index < -0.39 is 6.10 Å². The number of Topliss-reactive ketones (excluding diaryl/α,β-unsaturated/α-hetero) is 1. The van der Waals surface area contributed by atoms with E-state index in [0.29, 0.717) is 24.8 Å². The van der Waals surface area contributed by atoms with E-state index in [1.54, 1.807) is 18.3 Å². The minimum absolute atomic E-state index is 0.0500. The molecule has 0 radical (unpaired) electrons. The van der Waals surface area contributed by atoms with Crippen molar-refractivity contribution in [1.29, 1.82) is 0 Å². The first-order valence-electron chi connectivity index (χ1n) is 6.36. The SMILES string of the molecule is Nc1ncccc1C(=O)C1CN2CCCC2CO1. The number of hydrogen-bond acceptors (Lipinski definition) is 5. The zero-order valence-corrected chi connectivity index (χ0v) is 10.2. The lowest BCUT2D eigenvalue weighted by atomic mass is 10.0. The van der Waals surface area contributed by atoms with Gasteiger partial charge in [-0.05, 0) is 31.5 Å². The van der Waals surface area contributed by atoms with Crippen LogP contribution in [0.15, 0.2) is 18.3 Å². The number of nitrogens with two attached hydrogens (primary N) is 1. The Kier molecular flexibility index (Phi) is 3.01. The van der Waals surface area contributed by atoms with Crippen LogP contribution in [0.2, 0.25) is 0 Å². The molecule has 1 aromatic heterocycles. The molecule has 96 valence electrons. The molecule has 2 aliphatic heterocycles. The quantitative estimate of drug-likeness (QED) is 0.779. The molecule has 2 N–H and O–H groups in total. The van der Waals surface area contributed by atoms with Gasteiger partial charge >= 0.3 is 0 Å². The van der Waals surface area contributed by atoms with Crippen LogP contribution >= 0.6 is 0 Å². The third-order valence-electron chi connectivity index (χ3n) is 3.79. The Morgan fingerprint density at radius 3 is 3.28 bits per heavy atom. The van der Waals surface area contributed by atoms with Crippen LogP contribution in [0.5, 0.6) is 0 Å². The molecule has 5 heteroatoms. The van der Waals surface area contributed by atoms with Gasteiger partial charge in [-0.3, -0.25) is 9.69 Å². The third-order valence-corrected chi connectivity index (χ3v) is 3.79. The number of aromatic nitrogens is 1. The van der Waals surface area contributed by atoms with Gasteiger partial charge in [0.05, 0.1) is 12.2 Å². The average molecular weight is 247 g/mol. The van der Waals surface area contributed by atoms with Crippen molar-refractivity contribution in [2.45, 2.75) is 25.0 Å². The molecule has 3 heterocycles. The normalized spacial score (nSPS) is 28.0. The Bertz CT molecular complexity index is 463.